The molecule has 0 bridgehead atoms. The summed E-state index contributed by atoms with van der Waals surface area (Å²) in [5, 5.41) is 10.1. The molecule has 0 radical (unpaired) electrons. The van der Waals surface area contributed by atoms with Gasteiger partial charge in [-0.1, -0.05) is 30.8 Å². The van der Waals surface area contributed by atoms with Gasteiger partial charge in [0.2, 0.25) is 0 Å². The van der Waals surface area contributed by atoms with Gasteiger partial charge in [0, 0.05) is 13.1 Å². The van der Waals surface area contributed by atoms with Crippen LogP contribution in [0, 0.1) is 0 Å². The average Bonchev–Trinajstić information content (AvgIpc) is 2.57. The lowest BCUT2D eigenvalue weighted by Gasteiger charge is -2.32. The predicted octanol–water partition coefficient (Wildman–Crippen LogP) is 2.16. The Morgan fingerprint density at radius 2 is 2.00 bits per heavy atom. The number of benzene rings is 1. The summed E-state index contributed by atoms with van der Waals surface area (Å²) in [6, 6.07) is 7.67. The number of aliphatic hydroxyl groups excluding tert-OH is 1. The molecule has 23 heavy (non-hydrogen) atoms. The third kappa shape index (κ3) is 3.92. The molecule has 1 heterocycles. The van der Waals surface area contributed by atoms with Crippen LogP contribution >= 0.6 is 0 Å². The number of urea groups is 1. The maximum absolute atomic E-state index is 12.5. The van der Waals surface area contributed by atoms with E-state index in [9.17, 15) is 4.79 Å². The van der Waals surface area contributed by atoms with Crippen molar-refractivity contribution in [2.45, 2.75) is 19.9 Å². The van der Waals surface area contributed by atoms with E-state index in [0.717, 1.165) is 17.0 Å². The number of carbonyl (C=O) groups excluding carboxylic acids is 1. The number of fused-ring (bicyclic) bond motifs is 1. The van der Waals surface area contributed by atoms with Gasteiger partial charge < -0.3 is 15.7 Å². The van der Waals surface area contributed by atoms with Crippen LogP contribution < -0.4 is 11.6 Å². The van der Waals surface area contributed by atoms with Gasteiger partial charge in [0.1, 0.15) is 0 Å². The normalized spacial score (nSPS) is 15.1. The molecule has 0 atom stereocenters. The number of rotatable bonds is 3. The molecule has 1 aromatic rings. The van der Waals surface area contributed by atoms with Gasteiger partial charge in [0.25, 0.3) is 0 Å². The van der Waals surface area contributed by atoms with E-state index >= 15 is 0 Å². The summed E-state index contributed by atoms with van der Waals surface area (Å²) in [6.45, 7) is 6.36. The van der Waals surface area contributed by atoms with E-state index < -0.39 is 0 Å². The number of carbonyl (C=O) groups is 1. The molecule has 0 fully saturated rings. The fourth-order valence-corrected chi connectivity index (χ4v) is 2.37. The van der Waals surface area contributed by atoms with Crippen LogP contribution in [0.5, 0.6) is 0 Å². The summed E-state index contributed by atoms with van der Waals surface area (Å²) in [6.07, 6.45) is 3.66. The standard InChI is InChI=1S/C17H22N4O2/c1-12(22)7-8-16(18)13(2)21(19)17(23)20-10-9-14-5-3-4-6-15(14)11-20/h3-8,22H,2,9-11,18-19H2,1H3/b12-7+,16-8+. The van der Waals surface area contributed by atoms with Crippen molar-refractivity contribution in [2.75, 3.05) is 6.54 Å². The van der Waals surface area contributed by atoms with Crippen LogP contribution in [0.3, 0.4) is 0 Å². The van der Waals surface area contributed by atoms with E-state index in [4.69, 9.17) is 16.7 Å². The Hall–Kier alpha value is -2.73. The highest BCUT2D eigenvalue weighted by atomic mass is 16.3. The second-order valence-electron chi connectivity index (χ2n) is 5.47. The summed E-state index contributed by atoms with van der Waals surface area (Å²) in [5.41, 5.74) is 8.60. The number of aliphatic hydroxyl groups is 1. The molecule has 0 unspecified atom stereocenters. The smallest absolute Gasteiger partial charge is 0.339 e. The van der Waals surface area contributed by atoms with E-state index in [0.29, 0.717) is 13.1 Å². The highest BCUT2D eigenvalue weighted by Crippen LogP contribution is 2.20. The zero-order valence-electron chi connectivity index (χ0n) is 13.2. The first-order valence-electron chi connectivity index (χ1n) is 7.33. The minimum atomic E-state index is -0.356. The average molecular weight is 314 g/mol. The van der Waals surface area contributed by atoms with Crippen molar-refractivity contribution in [3.8, 4) is 0 Å². The van der Waals surface area contributed by atoms with Crippen LogP contribution in [0.2, 0.25) is 0 Å². The fraction of sp³-hybridized carbons (Fsp3) is 0.235. The van der Waals surface area contributed by atoms with Gasteiger partial charge >= 0.3 is 6.03 Å². The van der Waals surface area contributed by atoms with Crippen LogP contribution in [-0.4, -0.2) is 27.6 Å². The molecule has 1 aliphatic rings. The zero-order chi connectivity index (χ0) is 17.0. The highest BCUT2D eigenvalue weighted by molar-refractivity contribution is 5.77. The Balaban J connectivity index is 2.07. The van der Waals surface area contributed by atoms with Gasteiger partial charge in [-0.2, -0.15) is 0 Å². The lowest BCUT2D eigenvalue weighted by atomic mass is 10.0. The van der Waals surface area contributed by atoms with E-state index in [1.54, 1.807) is 4.90 Å². The SMILES string of the molecule is C=C(/C(N)=C\C=C(/C)O)N(N)C(=O)N1CCc2ccccc2C1. The van der Waals surface area contributed by atoms with Crippen molar-refractivity contribution >= 4 is 6.03 Å². The van der Waals surface area contributed by atoms with Crippen molar-refractivity contribution in [3.05, 3.63) is 71.3 Å². The molecule has 0 aliphatic carbocycles. The Bertz CT molecular complexity index is 675. The van der Waals surface area contributed by atoms with Gasteiger partial charge in [0.15, 0.2) is 0 Å². The maximum atomic E-state index is 12.5. The van der Waals surface area contributed by atoms with Gasteiger partial charge in [-0.05, 0) is 36.6 Å². The molecule has 0 saturated carbocycles. The van der Waals surface area contributed by atoms with Gasteiger partial charge in [-0.3, -0.25) is 0 Å². The number of hydrogen-bond donors (Lipinski definition) is 3. The number of hydrazine groups is 1. The third-order valence-electron chi connectivity index (χ3n) is 3.74. The monoisotopic (exact) mass is 314 g/mol. The first-order valence-corrected chi connectivity index (χ1v) is 7.33. The number of nitrogens with two attached hydrogens (primary N) is 2. The van der Waals surface area contributed by atoms with Crippen LogP contribution in [-0.2, 0) is 13.0 Å². The van der Waals surface area contributed by atoms with Gasteiger partial charge in [-0.15, -0.1) is 0 Å². The largest absolute Gasteiger partial charge is 0.513 e. The first-order chi connectivity index (χ1) is 10.9. The van der Waals surface area contributed by atoms with E-state index in [1.807, 2.05) is 18.2 Å². The quantitative estimate of drug-likeness (QED) is 0.262. The molecular weight excluding hydrogens is 292 g/mol. The topological polar surface area (TPSA) is 95.8 Å². The number of amides is 2. The number of nitrogens with zero attached hydrogens (tertiary/aromatic N) is 2. The number of allylic oxidation sites excluding steroid dienone is 3. The van der Waals surface area contributed by atoms with Crippen LogP contribution in [0.15, 0.2) is 60.1 Å². The minimum Gasteiger partial charge on any atom is -0.513 e. The van der Waals surface area contributed by atoms with Crippen molar-refractivity contribution in [1.29, 1.82) is 0 Å². The minimum absolute atomic E-state index is 0.100. The predicted molar refractivity (Wildman–Crippen MR) is 89.8 cm³/mol. The molecule has 6 nitrogen and oxygen atoms in total. The van der Waals surface area contributed by atoms with Crippen molar-refractivity contribution in [2.24, 2.45) is 11.6 Å². The fourth-order valence-electron chi connectivity index (χ4n) is 2.37. The maximum Gasteiger partial charge on any atom is 0.339 e. The van der Waals surface area contributed by atoms with Crippen molar-refractivity contribution < 1.29 is 9.90 Å². The van der Waals surface area contributed by atoms with Crippen LogP contribution in [0.1, 0.15) is 18.1 Å². The van der Waals surface area contributed by atoms with E-state index in [2.05, 4.69) is 12.6 Å². The second-order valence-corrected chi connectivity index (χ2v) is 5.47. The first kappa shape index (κ1) is 16.6. The zero-order valence-corrected chi connectivity index (χ0v) is 13.2. The Labute approximate surface area is 135 Å². The molecule has 1 aliphatic heterocycles. The summed E-state index contributed by atoms with van der Waals surface area (Å²) in [7, 11) is 0. The van der Waals surface area contributed by atoms with Crippen LogP contribution in [0.25, 0.3) is 0 Å². The summed E-state index contributed by atoms with van der Waals surface area (Å²) < 4.78 is 0. The van der Waals surface area contributed by atoms with Gasteiger partial charge in [0.05, 0.1) is 17.2 Å². The highest BCUT2D eigenvalue weighted by Gasteiger charge is 2.25. The lowest BCUT2D eigenvalue weighted by molar-refractivity contribution is 0.161. The van der Waals surface area contributed by atoms with Crippen molar-refractivity contribution in [3.63, 3.8) is 0 Å². The molecule has 6 heteroatoms. The molecule has 0 saturated heterocycles. The Morgan fingerprint density at radius 3 is 2.65 bits per heavy atom. The summed E-state index contributed by atoms with van der Waals surface area (Å²) in [4.78, 5) is 14.2. The molecule has 2 rings (SSSR count). The molecule has 0 aromatic heterocycles. The molecule has 5 N–H and O–H groups in total. The number of hydrogen-bond acceptors (Lipinski definition) is 4. The molecule has 122 valence electrons. The second kappa shape index (κ2) is 7.02. The molecule has 0 spiro atoms. The third-order valence-corrected chi connectivity index (χ3v) is 3.74. The molecular formula is C17H22N4O2. The molecule has 1 aromatic carbocycles. The Kier molecular flexibility index (Phi) is 5.08. The van der Waals surface area contributed by atoms with Gasteiger partial charge in [-0.25, -0.2) is 15.6 Å². The molecule has 2 amide bonds. The summed E-state index contributed by atoms with van der Waals surface area (Å²) in [5.74, 6) is 5.96. The summed E-state index contributed by atoms with van der Waals surface area (Å²) >= 11 is 0. The van der Waals surface area contributed by atoms with Crippen molar-refractivity contribution in [1.82, 2.24) is 9.91 Å². The van der Waals surface area contributed by atoms with E-state index in [1.165, 1.54) is 24.6 Å². The lowest BCUT2D eigenvalue weighted by Crippen LogP contribution is -2.48. The van der Waals surface area contributed by atoms with E-state index in [-0.39, 0.29) is 23.2 Å². The Morgan fingerprint density at radius 1 is 1.35 bits per heavy atom. The van der Waals surface area contributed by atoms with Crippen LogP contribution in [0.4, 0.5) is 4.79 Å².